The summed E-state index contributed by atoms with van der Waals surface area (Å²) in [5, 5.41) is 5.72. The molecule has 0 unspecified atom stereocenters. The van der Waals surface area contributed by atoms with Crippen molar-refractivity contribution in [2.45, 2.75) is 33.3 Å². The second-order valence-electron chi connectivity index (χ2n) is 5.25. The van der Waals surface area contributed by atoms with Crippen molar-refractivity contribution in [2.75, 3.05) is 24.1 Å². The molecule has 6 nitrogen and oxygen atoms in total. The Labute approximate surface area is 113 Å². The fraction of sp³-hybridized carbons (Fsp3) is 0.538. The van der Waals surface area contributed by atoms with Crippen LogP contribution in [0, 0.1) is 6.92 Å². The van der Waals surface area contributed by atoms with Gasteiger partial charge >= 0.3 is 6.09 Å². The first-order valence-electron chi connectivity index (χ1n) is 6.22. The number of nitrogens with zero attached hydrogens (tertiary/aromatic N) is 1. The molecule has 0 aliphatic heterocycles. The zero-order valence-electron chi connectivity index (χ0n) is 11.9. The van der Waals surface area contributed by atoms with Crippen molar-refractivity contribution < 1.29 is 9.53 Å². The van der Waals surface area contributed by atoms with Gasteiger partial charge in [-0.15, -0.1) is 0 Å². The van der Waals surface area contributed by atoms with E-state index in [1.54, 1.807) is 6.07 Å². The number of hydrogen-bond acceptors (Lipinski definition) is 5. The number of alkyl carbamates (subject to hydrolysis) is 1. The minimum atomic E-state index is -0.486. The van der Waals surface area contributed by atoms with Gasteiger partial charge in [-0.1, -0.05) is 0 Å². The quantitative estimate of drug-likeness (QED) is 0.724. The number of hydrogen-bond donors (Lipinski definition) is 3. The standard InChI is InChI=1S/C13H22N4O2/c1-9-5-6-10(14)11(17-9)15-7-8-16-12(18)19-13(2,3)4/h5-6H,7-8,14H2,1-4H3,(H,15,17)(H,16,18). The molecular formula is C13H22N4O2. The van der Waals surface area contributed by atoms with Crippen LogP contribution in [-0.4, -0.2) is 29.8 Å². The lowest BCUT2D eigenvalue weighted by atomic mass is 10.2. The lowest BCUT2D eigenvalue weighted by molar-refractivity contribution is 0.0530. The van der Waals surface area contributed by atoms with Gasteiger partial charge in [-0.05, 0) is 39.8 Å². The number of aromatic nitrogens is 1. The lowest BCUT2D eigenvalue weighted by Crippen LogP contribution is -2.35. The van der Waals surface area contributed by atoms with E-state index < -0.39 is 11.7 Å². The number of rotatable bonds is 4. The van der Waals surface area contributed by atoms with Crippen LogP contribution in [0.15, 0.2) is 12.1 Å². The molecule has 0 fully saturated rings. The van der Waals surface area contributed by atoms with Crippen molar-refractivity contribution in [3.8, 4) is 0 Å². The van der Waals surface area contributed by atoms with Crippen LogP contribution in [0.1, 0.15) is 26.5 Å². The second kappa shape index (κ2) is 6.26. The summed E-state index contributed by atoms with van der Waals surface area (Å²) in [6.45, 7) is 8.32. The SMILES string of the molecule is Cc1ccc(N)c(NCCNC(=O)OC(C)(C)C)n1. The van der Waals surface area contributed by atoms with Crippen LogP contribution >= 0.6 is 0 Å². The van der Waals surface area contributed by atoms with E-state index in [2.05, 4.69) is 15.6 Å². The summed E-state index contributed by atoms with van der Waals surface area (Å²) in [5.74, 6) is 0.631. The summed E-state index contributed by atoms with van der Waals surface area (Å²) in [6.07, 6.45) is -0.431. The number of nitrogens with one attached hydrogen (secondary N) is 2. The molecule has 0 atom stereocenters. The molecule has 1 aromatic heterocycles. The van der Waals surface area contributed by atoms with Gasteiger partial charge < -0.3 is 21.1 Å². The fourth-order valence-electron chi connectivity index (χ4n) is 1.37. The predicted molar refractivity (Wildman–Crippen MR) is 76.1 cm³/mol. The Balaban J connectivity index is 2.31. The number of ether oxygens (including phenoxy) is 1. The minimum absolute atomic E-state index is 0.431. The first-order valence-corrected chi connectivity index (χ1v) is 6.22. The van der Waals surface area contributed by atoms with Crippen molar-refractivity contribution in [3.63, 3.8) is 0 Å². The van der Waals surface area contributed by atoms with Crippen molar-refractivity contribution in [2.24, 2.45) is 0 Å². The van der Waals surface area contributed by atoms with E-state index in [4.69, 9.17) is 10.5 Å². The van der Waals surface area contributed by atoms with Crippen LogP contribution in [-0.2, 0) is 4.74 Å². The Hall–Kier alpha value is -1.98. The number of anilines is 2. The highest BCUT2D eigenvalue weighted by molar-refractivity contribution is 5.67. The van der Waals surface area contributed by atoms with Crippen LogP contribution in [0.5, 0.6) is 0 Å². The Kier molecular flexibility index (Phi) is 4.97. The predicted octanol–water partition coefficient (Wildman–Crippen LogP) is 1.91. The Bertz CT molecular complexity index is 441. The van der Waals surface area contributed by atoms with Gasteiger partial charge in [0, 0.05) is 18.8 Å². The van der Waals surface area contributed by atoms with Crippen LogP contribution in [0.3, 0.4) is 0 Å². The summed E-state index contributed by atoms with van der Waals surface area (Å²) < 4.78 is 5.11. The summed E-state index contributed by atoms with van der Waals surface area (Å²) in [7, 11) is 0. The first kappa shape index (κ1) is 15.1. The van der Waals surface area contributed by atoms with Crippen LogP contribution in [0.25, 0.3) is 0 Å². The highest BCUT2D eigenvalue weighted by Crippen LogP contribution is 2.14. The molecule has 0 radical (unpaired) electrons. The summed E-state index contributed by atoms with van der Waals surface area (Å²) >= 11 is 0. The number of pyridine rings is 1. The number of aryl methyl sites for hydroxylation is 1. The number of carbonyl (C=O) groups is 1. The molecule has 1 heterocycles. The van der Waals surface area contributed by atoms with E-state index in [1.165, 1.54) is 0 Å². The van der Waals surface area contributed by atoms with E-state index in [1.807, 2.05) is 33.8 Å². The van der Waals surface area contributed by atoms with Crippen molar-refractivity contribution in [3.05, 3.63) is 17.8 Å². The van der Waals surface area contributed by atoms with Crippen molar-refractivity contribution >= 4 is 17.6 Å². The van der Waals surface area contributed by atoms with Crippen molar-refractivity contribution in [1.29, 1.82) is 0 Å². The third kappa shape index (κ3) is 5.94. The average molecular weight is 266 g/mol. The van der Waals surface area contributed by atoms with Gasteiger partial charge in [-0.25, -0.2) is 9.78 Å². The van der Waals surface area contributed by atoms with E-state index >= 15 is 0 Å². The number of nitrogens with two attached hydrogens (primary N) is 1. The molecule has 6 heteroatoms. The summed E-state index contributed by atoms with van der Waals surface area (Å²) in [5.41, 5.74) is 6.76. The third-order valence-electron chi connectivity index (χ3n) is 2.15. The molecule has 0 spiro atoms. The van der Waals surface area contributed by atoms with Crippen LogP contribution in [0.4, 0.5) is 16.3 Å². The van der Waals surface area contributed by atoms with Gasteiger partial charge in [0.2, 0.25) is 0 Å². The third-order valence-corrected chi connectivity index (χ3v) is 2.15. The lowest BCUT2D eigenvalue weighted by Gasteiger charge is -2.19. The molecule has 1 aromatic rings. The van der Waals surface area contributed by atoms with Crippen LogP contribution in [0.2, 0.25) is 0 Å². The second-order valence-corrected chi connectivity index (χ2v) is 5.25. The number of amides is 1. The van der Waals surface area contributed by atoms with Crippen molar-refractivity contribution in [1.82, 2.24) is 10.3 Å². The summed E-state index contributed by atoms with van der Waals surface area (Å²) in [6, 6.07) is 3.64. The maximum atomic E-state index is 11.4. The zero-order valence-corrected chi connectivity index (χ0v) is 11.9. The maximum absolute atomic E-state index is 11.4. The Morgan fingerprint density at radius 2 is 2.05 bits per heavy atom. The molecule has 0 bridgehead atoms. The van der Waals surface area contributed by atoms with Gasteiger partial charge in [-0.2, -0.15) is 0 Å². The fourth-order valence-corrected chi connectivity index (χ4v) is 1.37. The minimum Gasteiger partial charge on any atom is -0.444 e. The van der Waals surface area contributed by atoms with E-state index in [-0.39, 0.29) is 0 Å². The molecule has 1 amide bonds. The van der Waals surface area contributed by atoms with Gasteiger partial charge in [0.05, 0.1) is 5.69 Å². The molecule has 0 saturated carbocycles. The average Bonchev–Trinajstić information content (AvgIpc) is 2.26. The first-order chi connectivity index (χ1) is 8.78. The maximum Gasteiger partial charge on any atom is 0.407 e. The van der Waals surface area contributed by atoms with E-state index in [0.29, 0.717) is 24.6 Å². The summed E-state index contributed by atoms with van der Waals surface area (Å²) in [4.78, 5) is 15.7. The molecule has 4 N–H and O–H groups in total. The monoisotopic (exact) mass is 266 g/mol. The van der Waals surface area contributed by atoms with Gasteiger partial charge in [0.15, 0.2) is 0 Å². The molecule has 0 aliphatic carbocycles. The highest BCUT2D eigenvalue weighted by atomic mass is 16.6. The Morgan fingerprint density at radius 3 is 2.68 bits per heavy atom. The largest absolute Gasteiger partial charge is 0.444 e. The number of nitrogen functional groups attached to an aromatic ring is 1. The Morgan fingerprint density at radius 1 is 1.37 bits per heavy atom. The van der Waals surface area contributed by atoms with Gasteiger partial charge in [0.1, 0.15) is 11.4 Å². The molecule has 0 aromatic carbocycles. The topological polar surface area (TPSA) is 89.3 Å². The van der Waals surface area contributed by atoms with E-state index in [9.17, 15) is 4.79 Å². The van der Waals surface area contributed by atoms with Gasteiger partial charge in [0.25, 0.3) is 0 Å². The van der Waals surface area contributed by atoms with E-state index in [0.717, 1.165) is 5.69 Å². The zero-order chi connectivity index (χ0) is 14.5. The number of carbonyl (C=O) groups excluding carboxylic acids is 1. The molecule has 19 heavy (non-hydrogen) atoms. The smallest absolute Gasteiger partial charge is 0.407 e. The van der Waals surface area contributed by atoms with Gasteiger partial charge in [-0.3, -0.25) is 0 Å². The molecule has 1 rings (SSSR count). The molecule has 0 saturated heterocycles. The highest BCUT2D eigenvalue weighted by Gasteiger charge is 2.15. The normalized spacial score (nSPS) is 10.9. The molecular weight excluding hydrogens is 244 g/mol. The molecule has 106 valence electrons. The molecule has 0 aliphatic rings. The van der Waals surface area contributed by atoms with Crippen LogP contribution < -0.4 is 16.4 Å².